The van der Waals surface area contributed by atoms with E-state index in [-0.39, 0.29) is 32.8 Å². The van der Waals surface area contributed by atoms with Gasteiger partial charge in [-0.25, -0.2) is 14.4 Å². The monoisotopic (exact) mass is 569 g/mol. The van der Waals surface area contributed by atoms with Crippen LogP contribution in [-0.2, 0) is 38.6 Å². The van der Waals surface area contributed by atoms with Gasteiger partial charge in [-0.15, -0.1) is 0 Å². The fraction of sp³-hybridized carbons (Fsp3) is 0.242. The molecular formula is C33H35N3O6. The highest BCUT2D eigenvalue weighted by molar-refractivity contribution is 5.93. The van der Waals surface area contributed by atoms with Crippen LogP contribution in [0.5, 0.6) is 0 Å². The lowest BCUT2D eigenvalue weighted by Gasteiger charge is -2.34. The molecule has 1 heterocycles. The smallest absolute Gasteiger partial charge is 0.418 e. The van der Waals surface area contributed by atoms with Gasteiger partial charge in [0, 0.05) is 24.5 Å². The number of rotatable bonds is 12. The van der Waals surface area contributed by atoms with Gasteiger partial charge < -0.3 is 24.4 Å². The van der Waals surface area contributed by atoms with Crippen LogP contribution < -0.4 is 5.32 Å². The Balaban J connectivity index is 1.66. The van der Waals surface area contributed by atoms with Crippen molar-refractivity contribution in [2.24, 2.45) is 0 Å². The van der Waals surface area contributed by atoms with Crippen LogP contribution >= 0.6 is 0 Å². The Kier molecular flexibility index (Phi) is 10.1. The highest BCUT2D eigenvalue weighted by atomic mass is 16.6. The lowest BCUT2D eigenvalue weighted by molar-refractivity contribution is -0.151. The summed E-state index contributed by atoms with van der Waals surface area (Å²) in [6.45, 7) is 3.82. The van der Waals surface area contributed by atoms with Crippen LogP contribution in [0.3, 0.4) is 0 Å². The molecule has 3 aromatic carbocycles. The third-order valence-corrected chi connectivity index (χ3v) is 6.55. The van der Waals surface area contributed by atoms with Crippen molar-refractivity contribution >= 4 is 29.1 Å². The van der Waals surface area contributed by atoms with Gasteiger partial charge in [0.15, 0.2) is 5.54 Å². The first kappa shape index (κ1) is 30.1. The molecule has 42 heavy (non-hydrogen) atoms. The van der Waals surface area contributed by atoms with E-state index in [1.165, 1.54) is 10.6 Å². The molecule has 0 bridgehead atoms. The highest BCUT2D eigenvalue weighted by Crippen LogP contribution is 2.27. The number of benzene rings is 3. The van der Waals surface area contributed by atoms with E-state index in [2.05, 4.69) is 11.9 Å². The van der Waals surface area contributed by atoms with E-state index >= 15 is 0 Å². The minimum absolute atomic E-state index is 0.0150. The molecule has 1 atom stereocenters. The number of carbonyl (C=O) groups is 3. The fourth-order valence-corrected chi connectivity index (χ4v) is 4.75. The van der Waals surface area contributed by atoms with E-state index in [0.717, 1.165) is 16.5 Å². The molecule has 9 nitrogen and oxygen atoms in total. The summed E-state index contributed by atoms with van der Waals surface area (Å²) in [6, 6.07) is 25.9. The maximum Gasteiger partial charge on any atom is 0.418 e. The molecule has 4 aromatic rings. The van der Waals surface area contributed by atoms with E-state index in [9.17, 15) is 14.4 Å². The Morgan fingerprint density at radius 1 is 0.857 bits per heavy atom. The predicted octanol–water partition coefficient (Wildman–Crippen LogP) is 5.32. The van der Waals surface area contributed by atoms with Crippen LogP contribution in [-0.4, -0.2) is 60.4 Å². The number of carbonyl (C=O) groups excluding carboxylic acids is 3. The number of fused-ring (bicyclic) bond motifs is 1. The molecule has 0 saturated carbocycles. The fourth-order valence-electron chi connectivity index (χ4n) is 4.75. The molecule has 0 fully saturated rings. The maximum absolute atomic E-state index is 13.6. The first-order chi connectivity index (χ1) is 20.3. The number of para-hydroxylation sites is 1. The van der Waals surface area contributed by atoms with Gasteiger partial charge in [-0.2, -0.15) is 0 Å². The summed E-state index contributed by atoms with van der Waals surface area (Å²) < 4.78 is 18.0. The third-order valence-electron chi connectivity index (χ3n) is 6.55. The van der Waals surface area contributed by atoms with E-state index in [1.807, 2.05) is 78.9 Å². The van der Waals surface area contributed by atoms with E-state index in [4.69, 9.17) is 14.2 Å². The summed E-state index contributed by atoms with van der Waals surface area (Å²) >= 11 is 0. The molecule has 0 aliphatic rings. The standard InChI is InChI=1S/C33H35N3O6/c1-4-19-40-30(37)33(24-35(2)3,34-31(38)41-22-25-13-7-5-8-14-25)20-27-21-36(29-18-12-11-17-28(27)29)32(39)42-23-26-15-9-6-10-16-26/h4-18,21H,1,19-20,22-24H2,2-3H3,(H,34,38)/t33-/m0/s1. The number of alkyl carbamates (subject to hydrolysis) is 1. The van der Waals surface area contributed by atoms with Crippen LogP contribution in [0.2, 0.25) is 0 Å². The Labute approximate surface area is 245 Å². The van der Waals surface area contributed by atoms with Crippen LogP contribution in [0.4, 0.5) is 9.59 Å². The summed E-state index contributed by atoms with van der Waals surface area (Å²) in [7, 11) is 3.58. The largest absolute Gasteiger partial charge is 0.460 e. The van der Waals surface area contributed by atoms with Crippen LogP contribution in [0.25, 0.3) is 10.9 Å². The number of aromatic nitrogens is 1. The lowest BCUT2D eigenvalue weighted by atomic mass is 9.89. The second-order valence-corrected chi connectivity index (χ2v) is 10.2. The summed E-state index contributed by atoms with van der Waals surface area (Å²) in [5.41, 5.74) is 1.36. The Morgan fingerprint density at radius 2 is 1.45 bits per heavy atom. The number of amides is 1. The molecule has 0 aliphatic carbocycles. The van der Waals surface area contributed by atoms with Crippen molar-refractivity contribution in [1.82, 2.24) is 14.8 Å². The molecule has 1 amide bonds. The zero-order valence-corrected chi connectivity index (χ0v) is 23.8. The lowest BCUT2D eigenvalue weighted by Crippen LogP contribution is -2.62. The SMILES string of the molecule is C=CCOC(=O)[C@](Cc1cn(C(=O)OCc2ccccc2)c2ccccc12)(CN(C)C)NC(=O)OCc1ccccc1. The second kappa shape index (κ2) is 14.1. The highest BCUT2D eigenvalue weighted by Gasteiger charge is 2.43. The van der Waals surface area contributed by atoms with Gasteiger partial charge in [0.25, 0.3) is 0 Å². The van der Waals surface area contributed by atoms with Crippen molar-refractivity contribution < 1.29 is 28.6 Å². The first-order valence-electron chi connectivity index (χ1n) is 13.5. The van der Waals surface area contributed by atoms with Crippen molar-refractivity contribution in [3.05, 3.63) is 120 Å². The number of hydrogen-bond acceptors (Lipinski definition) is 7. The van der Waals surface area contributed by atoms with Gasteiger partial charge in [-0.1, -0.05) is 91.5 Å². The average Bonchev–Trinajstić information content (AvgIpc) is 3.36. The minimum atomic E-state index is -1.55. The Bertz CT molecular complexity index is 1520. The summed E-state index contributed by atoms with van der Waals surface area (Å²) in [5, 5.41) is 3.53. The molecule has 0 spiro atoms. The van der Waals surface area contributed by atoms with Crippen molar-refractivity contribution in [2.75, 3.05) is 27.2 Å². The van der Waals surface area contributed by atoms with Gasteiger partial charge >= 0.3 is 18.2 Å². The first-order valence-corrected chi connectivity index (χ1v) is 13.5. The van der Waals surface area contributed by atoms with Crippen molar-refractivity contribution in [2.45, 2.75) is 25.2 Å². The van der Waals surface area contributed by atoms with Gasteiger partial charge in [-0.05, 0) is 36.9 Å². The molecule has 0 radical (unpaired) electrons. The Morgan fingerprint density at radius 3 is 2.07 bits per heavy atom. The number of nitrogens with zero attached hydrogens (tertiary/aromatic N) is 2. The van der Waals surface area contributed by atoms with Gasteiger partial charge in [0.05, 0.1) is 5.52 Å². The van der Waals surface area contributed by atoms with Crippen LogP contribution in [0.1, 0.15) is 16.7 Å². The minimum Gasteiger partial charge on any atom is -0.460 e. The molecule has 1 N–H and O–H groups in total. The van der Waals surface area contributed by atoms with Crippen LogP contribution in [0.15, 0.2) is 104 Å². The zero-order valence-electron chi connectivity index (χ0n) is 23.8. The average molecular weight is 570 g/mol. The number of nitrogens with one attached hydrogen (secondary N) is 1. The summed E-state index contributed by atoms with van der Waals surface area (Å²) in [6.07, 6.45) is 1.77. The van der Waals surface area contributed by atoms with Crippen molar-refractivity contribution in [1.29, 1.82) is 0 Å². The second-order valence-electron chi connectivity index (χ2n) is 10.2. The molecule has 218 valence electrons. The molecule has 0 saturated heterocycles. The quantitative estimate of drug-likeness (QED) is 0.140. The third kappa shape index (κ3) is 7.64. The Hall–Kier alpha value is -4.89. The summed E-state index contributed by atoms with van der Waals surface area (Å²) in [4.78, 5) is 41.7. The van der Waals surface area contributed by atoms with Crippen molar-refractivity contribution in [3.63, 3.8) is 0 Å². The van der Waals surface area contributed by atoms with E-state index in [0.29, 0.717) is 11.1 Å². The maximum atomic E-state index is 13.6. The summed E-state index contributed by atoms with van der Waals surface area (Å²) in [5.74, 6) is -0.656. The van der Waals surface area contributed by atoms with Crippen molar-refractivity contribution in [3.8, 4) is 0 Å². The number of esters is 1. The number of hydrogen-bond donors (Lipinski definition) is 1. The van der Waals surface area contributed by atoms with Crippen LogP contribution in [0, 0.1) is 0 Å². The normalized spacial score (nSPS) is 12.4. The van der Waals surface area contributed by atoms with E-state index in [1.54, 1.807) is 31.3 Å². The van der Waals surface area contributed by atoms with Gasteiger partial charge in [0.2, 0.25) is 0 Å². The molecule has 1 aromatic heterocycles. The molecule has 9 heteroatoms. The number of ether oxygens (including phenoxy) is 3. The van der Waals surface area contributed by atoms with E-state index < -0.39 is 23.7 Å². The number of likely N-dealkylation sites (N-methyl/N-ethyl adjacent to an activating group) is 1. The molecule has 0 unspecified atom stereocenters. The molecule has 4 rings (SSSR count). The molecule has 0 aliphatic heterocycles. The zero-order chi connectivity index (χ0) is 30.0. The topological polar surface area (TPSA) is 99.1 Å². The predicted molar refractivity (Wildman–Crippen MR) is 160 cm³/mol. The molecular weight excluding hydrogens is 534 g/mol. The van der Waals surface area contributed by atoms with Gasteiger partial charge in [-0.3, -0.25) is 4.57 Å². The van der Waals surface area contributed by atoms with Gasteiger partial charge in [0.1, 0.15) is 19.8 Å².